The number of hydrogen-bond donors (Lipinski definition) is 1. The highest BCUT2D eigenvalue weighted by atomic mass is 16.8. The van der Waals surface area contributed by atoms with E-state index in [0.717, 1.165) is 0 Å². The van der Waals surface area contributed by atoms with Gasteiger partial charge < -0.3 is 15.2 Å². The SMILES string of the molecule is CC(C)[C@H]1[C@@]2(C#N)[C@]3(N=C(N)[C@@]12C#N)OC[C@H](C)O3. The standard InChI is InChI=1S/C13H16N4O2/c1-7(2)9-11(5-14)10(16)17-13(12(9,11)6-15)18-4-8(3)19-13/h7-9H,4H2,1-3H3,(H2,16,17)/t8-,9+,11+,12+,13-/m0/s1. The van der Waals surface area contributed by atoms with Crippen molar-refractivity contribution in [2.45, 2.75) is 32.8 Å². The third-order valence-electron chi connectivity index (χ3n) is 4.54. The zero-order valence-corrected chi connectivity index (χ0v) is 11.2. The van der Waals surface area contributed by atoms with E-state index in [0.29, 0.717) is 6.61 Å². The monoisotopic (exact) mass is 260 g/mol. The molecule has 6 heteroatoms. The summed E-state index contributed by atoms with van der Waals surface area (Å²) in [4.78, 5) is 4.22. The molecule has 0 radical (unpaired) electrons. The molecule has 2 aliphatic heterocycles. The van der Waals surface area contributed by atoms with Crippen LogP contribution >= 0.6 is 0 Å². The molecule has 3 aliphatic rings. The van der Waals surface area contributed by atoms with Crippen molar-refractivity contribution in [1.29, 1.82) is 10.5 Å². The molecule has 0 aromatic heterocycles. The third kappa shape index (κ3) is 0.992. The molecule has 19 heavy (non-hydrogen) atoms. The molecule has 1 saturated heterocycles. The lowest BCUT2D eigenvalue weighted by Gasteiger charge is -2.27. The largest absolute Gasteiger partial charge is 0.386 e. The summed E-state index contributed by atoms with van der Waals surface area (Å²) >= 11 is 0. The van der Waals surface area contributed by atoms with E-state index >= 15 is 0 Å². The Morgan fingerprint density at radius 1 is 1.42 bits per heavy atom. The topological polar surface area (TPSA) is 104 Å². The molecule has 1 saturated carbocycles. The molecule has 100 valence electrons. The average Bonchev–Trinajstić information content (AvgIpc) is 2.77. The molecule has 2 heterocycles. The van der Waals surface area contributed by atoms with E-state index in [1.165, 1.54) is 0 Å². The highest BCUT2D eigenvalue weighted by Gasteiger charge is 2.94. The molecule has 1 spiro atoms. The zero-order valence-electron chi connectivity index (χ0n) is 11.2. The lowest BCUT2D eigenvalue weighted by molar-refractivity contribution is -0.196. The Morgan fingerprint density at radius 3 is 2.47 bits per heavy atom. The molecule has 2 fully saturated rings. The maximum atomic E-state index is 9.72. The van der Waals surface area contributed by atoms with Crippen molar-refractivity contribution in [2.75, 3.05) is 6.61 Å². The van der Waals surface area contributed by atoms with Gasteiger partial charge in [0.1, 0.15) is 11.3 Å². The molecular formula is C13H16N4O2. The first-order valence-electron chi connectivity index (χ1n) is 6.42. The van der Waals surface area contributed by atoms with E-state index in [9.17, 15) is 10.5 Å². The van der Waals surface area contributed by atoms with E-state index in [-0.39, 0.29) is 23.8 Å². The molecule has 6 nitrogen and oxygen atoms in total. The lowest BCUT2D eigenvalue weighted by Crippen LogP contribution is -2.40. The molecule has 0 unspecified atom stereocenters. The van der Waals surface area contributed by atoms with Gasteiger partial charge in [0.05, 0.1) is 24.8 Å². The van der Waals surface area contributed by atoms with Gasteiger partial charge in [0.15, 0.2) is 5.41 Å². The fraction of sp³-hybridized carbons (Fsp3) is 0.769. The van der Waals surface area contributed by atoms with Crippen LogP contribution in [0.15, 0.2) is 4.99 Å². The van der Waals surface area contributed by atoms with Crippen LogP contribution in [0.1, 0.15) is 20.8 Å². The third-order valence-corrected chi connectivity index (χ3v) is 4.54. The molecule has 0 amide bonds. The molecule has 5 atom stereocenters. The second-order valence-corrected chi connectivity index (χ2v) is 5.88. The predicted molar refractivity (Wildman–Crippen MR) is 65.3 cm³/mol. The highest BCUT2D eigenvalue weighted by Crippen LogP contribution is 2.80. The van der Waals surface area contributed by atoms with Crippen molar-refractivity contribution in [2.24, 2.45) is 33.4 Å². The van der Waals surface area contributed by atoms with Crippen LogP contribution in [-0.4, -0.2) is 24.5 Å². The van der Waals surface area contributed by atoms with Crippen molar-refractivity contribution in [3.05, 3.63) is 0 Å². The van der Waals surface area contributed by atoms with Crippen LogP contribution in [0.2, 0.25) is 0 Å². The van der Waals surface area contributed by atoms with Gasteiger partial charge in [-0.3, -0.25) is 0 Å². The van der Waals surface area contributed by atoms with Gasteiger partial charge >= 0.3 is 0 Å². The number of nitrogens with two attached hydrogens (primary N) is 1. The van der Waals surface area contributed by atoms with Gasteiger partial charge in [0.2, 0.25) is 0 Å². The second kappa shape index (κ2) is 3.27. The van der Waals surface area contributed by atoms with E-state index in [1.807, 2.05) is 20.8 Å². The first-order valence-corrected chi connectivity index (χ1v) is 6.42. The number of nitrogens with zero attached hydrogens (tertiary/aromatic N) is 3. The summed E-state index contributed by atoms with van der Waals surface area (Å²) in [6.07, 6.45) is -0.162. The normalized spacial score (nSPS) is 50.7. The molecule has 2 N–H and O–H groups in total. The van der Waals surface area contributed by atoms with Crippen molar-refractivity contribution in [3.8, 4) is 12.1 Å². The zero-order chi connectivity index (χ0) is 14.1. The Bertz CT molecular complexity index is 560. The van der Waals surface area contributed by atoms with E-state index in [2.05, 4.69) is 17.1 Å². The quantitative estimate of drug-likeness (QED) is 0.749. The number of rotatable bonds is 1. The molecule has 0 bridgehead atoms. The van der Waals surface area contributed by atoms with Crippen molar-refractivity contribution >= 4 is 5.84 Å². The summed E-state index contributed by atoms with van der Waals surface area (Å²) < 4.78 is 11.4. The van der Waals surface area contributed by atoms with Crippen molar-refractivity contribution in [3.63, 3.8) is 0 Å². The molecule has 0 aromatic rings. The number of hydrogen-bond acceptors (Lipinski definition) is 6. The molecule has 0 aromatic carbocycles. The first-order chi connectivity index (χ1) is 8.92. The number of fused-ring (bicyclic) bond motifs is 2. The summed E-state index contributed by atoms with van der Waals surface area (Å²) in [6, 6.07) is 4.47. The summed E-state index contributed by atoms with van der Waals surface area (Å²) in [6.45, 7) is 6.15. The van der Waals surface area contributed by atoms with Gasteiger partial charge in [-0.05, 0) is 12.8 Å². The summed E-state index contributed by atoms with van der Waals surface area (Å²) in [7, 11) is 0. The highest BCUT2D eigenvalue weighted by molar-refractivity contribution is 5.98. The van der Waals surface area contributed by atoms with E-state index in [1.54, 1.807) is 0 Å². The van der Waals surface area contributed by atoms with Crippen LogP contribution in [0.4, 0.5) is 0 Å². The number of ether oxygens (including phenoxy) is 2. The van der Waals surface area contributed by atoms with Crippen LogP contribution in [-0.2, 0) is 9.47 Å². The fourth-order valence-corrected chi connectivity index (χ4v) is 3.93. The Morgan fingerprint density at radius 2 is 2.11 bits per heavy atom. The van der Waals surface area contributed by atoms with Crippen LogP contribution in [0.5, 0.6) is 0 Å². The van der Waals surface area contributed by atoms with Crippen LogP contribution in [0, 0.1) is 45.3 Å². The fourth-order valence-electron chi connectivity index (χ4n) is 3.93. The average molecular weight is 260 g/mol. The Kier molecular flexibility index (Phi) is 2.14. The first kappa shape index (κ1) is 12.4. The maximum Gasteiger partial charge on any atom is 0.293 e. The maximum absolute atomic E-state index is 9.72. The minimum Gasteiger partial charge on any atom is -0.386 e. The van der Waals surface area contributed by atoms with Gasteiger partial charge in [-0.15, -0.1) is 0 Å². The number of amidine groups is 1. The number of aliphatic imine (C=N–C) groups is 1. The molecular weight excluding hydrogens is 244 g/mol. The number of nitriles is 2. The minimum atomic E-state index is -1.39. The van der Waals surface area contributed by atoms with Crippen LogP contribution < -0.4 is 5.73 Å². The Hall–Kier alpha value is -1.63. The van der Waals surface area contributed by atoms with Crippen molar-refractivity contribution in [1.82, 2.24) is 0 Å². The summed E-state index contributed by atoms with van der Waals surface area (Å²) in [5.74, 6) is -1.31. The Labute approximate surface area is 111 Å². The van der Waals surface area contributed by atoms with Gasteiger partial charge in [-0.2, -0.15) is 10.5 Å². The summed E-state index contributed by atoms with van der Waals surface area (Å²) in [5, 5.41) is 19.3. The second-order valence-electron chi connectivity index (χ2n) is 5.88. The summed E-state index contributed by atoms with van der Waals surface area (Å²) in [5.41, 5.74) is 3.79. The van der Waals surface area contributed by atoms with E-state index < -0.39 is 16.7 Å². The smallest absolute Gasteiger partial charge is 0.293 e. The predicted octanol–water partition coefficient (Wildman–Crippen LogP) is 0.752. The minimum absolute atomic E-state index is 0.119. The van der Waals surface area contributed by atoms with Gasteiger partial charge in [0.25, 0.3) is 5.91 Å². The molecule has 3 rings (SSSR count). The van der Waals surface area contributed by atoms with E-state index in [4.69, 9.17) is 15.2 Å². The molecule has 1 aliphatic carbocycles. The van der Waals surface area contributed by atoms with Gasteiger partial charge in [0, 0.05) is 5.92 Å². The van der Waals surface area contributed by atoms with Gasteiger partial charge in [-0.1, -0.05) is 13.8 Å². The van der Waals surface area contributed by atoms with Crippen LogP contribution in [0.3, 0.4) is 0 Å². The van der Waals surface area contributed by atoms with Crippen LogP contribution in [0.25, 0.3) is 0 Å². The van der Waals surface area contributed by atoms with Crippen molar-refractivity contribution < 1.29 is 9.47 Å². The van der Waals surface area contributed by atoms with Gasteiger partial charge in [-0.25, -0.2) is 4.99 Å². The lowest BCUT2D eigenvalue weighted by atomic mass is 9.93. The Balaban J connectivity index is 2.19.